The molecule has 1 heterocycles. The fourth-order valence-electron chi connectivity index (χ4n) is 3.23. The number of hydrogen-bond acceptors (Lipinski definition) is 3. The highest BCUT2D eigenvalue weighted by Gasteiger charge is 2.35. The van der Waals surface area contributed by atoms with Crippen LogP contribution in [0, 0.1) is 5.41 Å². The van der Waals surface area contributed by atoms with Gasteiger partial charge in [0.05, 0.1) is 10.7 Å². The minimum Gasteiger partial charge on any atom is -0.317 e. The summed E-state index contributed by atoms with van der Waals surface area (Å²) < 4.78 is 0. The van der Waals surface area contributed by atoms with Crippen LogP contribution in [-0.2, 0) is 6.42 Å². The van der Waals surface area contributed by atoms with E-state index in [-0.39, 0.29) is 0 Å². The Labute approximate surface area is 125 Å². The summed E-state index contributed by atoms with van der Waals surface area (Å²) in [7, 11) is 2.08. The standard InChI is InChI=1S/C17H22N2S/c1-17(9-8-14(10-17)18-2)11-16-19-15(12-20-16)13-6-4-3-5-7-13/h3-7,12,14,18H,8-11H2,1-2H3. The fraction of sp³-hybridized carbons (Fsp3) is 0.471. The molecule has 0 bridgehead atoms. The number of aromatic nitrogens is 1. The van der Waals surface area contributed by atoms with Gasteiger partial charge in [0, 0.05) is 23.4 Å². The lowest BCUT2D eigenvalue weighted by atomic mass is 9.85. The van der Waals surface area contributed by atoms with Crippen LogP contribution < -0.4 is 5.32 Å². The van der Waals surface area contributed by atoms with Crippen LogP contribution in [0.4, 0.5) is 0 Å². The third kappa shape index (κ3) is 2.94. The average molecular weight is 286 g/mol. The third-order valence-electron chi connectivity index (χ3n) is 4.44. The zero-order valence-corrected chi connectivity index (χ0v) is 13.0. The molecule has 1 fully saturated rings. The van der Waals surface area contributed by atoms with Gasteiger partial charge >= 0.3 is 0 Å². The number of benzene rings is 1. The highest BCUT2D eigenvalue weighted by atomic mass is 32.1. The molecule has 1 aliphatic rings. The van der Waals surface area contributed by atoms with Gasteiger partial charge in [-0.05, 0) is 31.7 Å². The van der Waals surface area contributed by atoms with E-state index in [1.165, 1.54) is 29.8 Å². The van der Waals surface area contributed by atoms with Crippen molar-refractivity contribution in [2.75, 3.05) is 7.05 Å². The third-order valence-corrected chi connectivity index (χ3v) is 5.29. The van der Waals surface area contributed by atoms with Gasteiger partial charge in [-0.15, -0.1) is 11.3 Å². The topological polar surface area (TPSA) is 24.9 Å². The Morgan fingerprint density at radius 2 is 2.15 bits per heavy atom. The molecule has 2 atom stereocenters. The van der Waals surface area contributed by atoms with Gasteiger partial charge in [0.25, 0.3) is 0 Å². The SMILES string of the molecule is CNC1CCC(C)(Cc2nc(-c3ccccc3)cs2)C1. The minimum absolute atomic E-state index is 0.416. The van der Waals surface area contributed by atoms with Crippen LogP contribution in [0.3, 0.4) is 0 Å². The molecule has 0 radical (unpaired) electrons. The zero-order chi connectivity index (χ0) is 14.0. The fourth-order valence-corrected chi connectivity index (χ4v) is 4.25. The van der Waals surface area contributed by atoms with E-state index in [0.717, 1.165) is 12.1 Å². The molecular formula is C17H22N2S. The van der Waals surface area contributed by atoms with Crippen molar-refractivity contribution in [1.82, 2.24) is 10.3 Å². The maximum absolute atomic E-state index is 4.84. The van der Waals surface area contributed by atoms with Crippen molar-refractivity contribution in [3.8, 4) is 11.3 Å². The van der Waals surface area contributed by atoms with Gasteiger partial charge in [-0.25, -0.2) is 4.98 Å². The Morgan fingerprint density at radius 3 is 2.85 bits per heavy atom. The first-order chi connectivity index (χ1) is 9.68. The predicted octanol–water partition coefficient (Wildman–Crippen LogP) is 4.13. The lowest BCUT2D eigenvalue weighted by molar-refractivity contribution is 0.324. The summed E-state index contributed by atoms with van der Waals surface area (Å²) in [4.78, 5) is 4.84. The van der Waals surface area contributed by atoms with Crippen molar-refractivity contribution in [3.63, 3.8) is 0 Å². The maximum atomic E-state index is 4.84. The number of thiazole rings is 1. The average Bonchev–Trinajstić information content (AvgIpc) is 3.07. The summed E-state index contributed by atoms with van der Waals surface area (Å²) in [5.74, 6) is 0. The van der Waals surface area contributed by atoms with Crippen LogP contribution in [0.25, 0.3) is 11.3 Å². The molecule has 106 valence electrons. The van der Waals surface area contributed by atoms with Gasteiger partial charge in [0.1, 0.15) is 0 Å². The normalized spacial score (nSPS) is 26.0. The second-order valence-electron chi connectivity index (χ2n) is 6.21. The van der Waals surface area contributed by atoms with Crippen LogP contribution >= 0.6 is 11.3 Å². The second-order valence-corrected chi connectivity index (χ2v) is 7.15. The van der Waals surface area contributed by atoms with Crippen LogP contribution in [0.15, 0.2) is 35.7 Å². The Hall–Kier alpha value is -1.19. The van der Waals surface area contributed by atoms with Gasteiger partial charge in [-0.3, -0.25) is 0 Å². The van der Waals surface area contributed by atoms with Gasteiger partial charge in [0.2, 0.25) is 0 Å². The molecule has 0 saturated heterocycles. The molecule has 0 spiro atoms. The van der Waals surface area contributed by atoms with Gasteiger partial charge in [0.15, 0.2) is 0 Å². The molecule has 1 aromatic carbocycles. The van der Waals surface area contributed by atoms with Gasteiger partial charge < -0.3 is 5.32 Å². The van der Waals surface area contributed by atoms with Crippen LogP contribution in [0.2, 0.25) is 0 Å². The van der Waals surface area contributed by atoms with Gasteiger partial charge in [-0.2, -0.15) is 0 Å². The first-order valence-corrected chi connectivity index (χ1v) is 8.24. The quantitative estimate of drug-likeness (QED) is 0.914. The lowest BCUT2D eigenvalue weighted by Crippen LogP contribution is -2.24. The Kier molecular flexibility index (Phi) is 3.90. The highest BCUT2D eigenvalue weighted by molar-refractivity contribution is 7.09. The van der Waals surface area contributed by atoms with E-state index < -0.39 is 0 Å². The summed E-state index contributed by atoms with van der Waals surface area (Å²) in [5.41, 5.74) is 2.76. The summed E-state index contributed by atoms with van der Waals surface area (Å²) >= 11 is 1.81. The van der Waals surface area contributed by atoms with E-state index in [0.29, 0.717) is 11.5 Å². The van der Waals surface area contributed by atoms with Gasteiger partial charge in [-0.1, -0.05) is 37.3 Å². The molecule has 3 heteroatoms. The zero-order valence-electron chi connectivity index (χ0n) is 12.2. The largest absolute Gasteiger partial charge is 0.317 e. The second kappa shape index (κ2) is 5.66. The Balaban J connectivity index is 1.72. The molecule has 0 amide bonds. The van der Waals surface area contributed by atoms with E-state index in [1.807, 2.05) is 17.4 Å². The van der Waals surface area contributed by atoms with Crippen LogP contribution in [0.1, 0.15) is 31.2 Å². The molecule has 1 N–H and O–H groups in total. The predicted molar refractivity (Wildman–Crippen MR) is 86.1 cm³/mol. The molecule has 1 saturated carbocycles. The Morgan fingerprint density at radius 1 is 1.35 bits per heavy atom. The minimum atomic E-state index is 0.416. The van der Waals surface area contributed by atoms with Crippen LogP contribution in [0.5, 0.6) is 0 Å². The molecule has 2 nitrogen and oxygen atoms in total. The summed E-state index contributed by atoms with van der Waals surface area (Å²) in [6.45, 7) is 2.41. The van der Waals surface area contributed by atoms with E-state index in [1.54, 1.807) is 0 Å². The monoisotopic (exact) mass is 286 g/mol. The molecule has 2 unspecified atom stereocenters. The molecular weight excluding hydrogens is 264 g/mol. The molecule has 1 aliphatic carbocycles. The molecule has 3 rings (SSSR count). The van der Waals surface area contributed by atoms with Crippen molar-refractivity contribution in [2.45, 2.75) is 38.6 Å². The number of rotatable bonds is 4. The molecule has 1 aromatic heterocycles. The summed E-state index contributed by atoms with van der Waals surface area (Å²) in [6.07, 6.45) is 4.98. The maximum Gasteiger partial charge on any atom is 0.0938 e. The van der Waals surface area contributed by atoms with E-state index in [2.05, 4.69) is 48.9 Å². The number of nitrogens with one attached hydrogen (secondary N) is 1. The summed E-state index contributed by atoms with van der Waals surface area (Å²) in [6, 6.07) is 11.1. The van der Waals surface area contributed by atoms with Crippen molar-refractivity contribution >= 4 is 11.3 Å². The summed E-state index contributed by atoms with van der Waals surface area (Å²) in [5, 5.41) is 6.89. The van der Waals surface area contributed by atoms with Crippen LogP contribution in [-0.4, -0.2) is 18.1 Å². The first-order valence-electron chi connectivity index (χ1n) is 7.36. The molecule has 20 heavy (non-hydrogen) atoms. The van der Waals surface area contributed by atoms with Crippen molar-refractivity contribution in [1.29, 1.82) is 0 Å². The number of nitrogens with zero attached hydrogens (tertiary/aromatic N) is 1. The van der Waals surface area contributed by atoms with Crippen molar-refractivity contribution in [2.24, 2.45) is 5.41 Å². The van der Waals surface area contributed by atoms with E-state index >= 15 is 0 Å². The first kappa shape index (κ1) is 13.8. The number of hydrogen-bond donors (Lipinski definition) is 1. The molecule has 2 aromatic rings. The molecule has 0 aliphatic heterocycles. The van der Waals surface area contributed by atoms with Crippen molar-refractivity contribution in [3.05, 3.63) is 40.7 Å². The highest BCUT2D eigenvalue weighted by Crippen LogP contribution is 2.41. The lowest BCUT2D eigenvalue weighted by Gasteiger charge is -2.22. The van der Waals surface area contributed by atoms with E-state index in [9.17, 15) is 0 Å². The Bertz CT molecular complexity index is 563. The van der Waals surface area contributed by atoms with Crippen molar-refractivity contribution < 1.29 is 0 Å². The smallest absolute Gasteiger partial charge is 0.0938 e. The van der Waals surface area contributed by atoms with E-state index in [4.69, 9.17) is 4.98 Å².